The molecule has 1 unspecified atom stereocenters. The van der Waals surface area contributed by atoms with Crippen LogP contribution in [0.3, 0.4) is 0 Å². The van der Waals surface area contributed by atoms with Gasteiger partial charge in [0.1, 0.15) is 0 Å². The zero-order valence-electron chi connectivity index (χ0n) is 11.6. The zero-order chi connectivity index (χ0) is 14.0. The van der Waals surface area contributed by atoms with Crippen LogP contribution in [0.2, 0.25) is 0 Å². The SMILES string of the molecule is CCNC(C)c1nnnn1-c1c(C)cc(Br)cc1C. The van der Waals surface area contributed by atoms with Crippen LogP contribution in [0.5, 0.6) is 0 Å². The fourth-order valence-electron chi connectivity index (χ4n) is 2.26. The summed E-state index contributed by atoms with van der Waals surface area (Å²) in [6.45, 7) is 9.15. The molecule has 0 aliphatic carbocycles. The Morgan fingerprint density at radius 2 is 1.95 bits per heavy atom. The van der Waals surface area contributed by atoms with Gasteiger partial charge in [0.15, 0.2) is 5.82 Å². The van der Waals surface area contributed by atoms with E-state index in [0.717, 1.165) is 33.7 Å². The molecule has 1 aromatic heterocycles. The molecule has 2 rings (SSSR count). The predicted molar refractivity (Wildman–Crippen MR) is 78.4 cm³/mol. The number of rotatable bonds is 4. The molecule has 0 bridgehead atoms. The minimum absolute atomic E-state index is 0.113. The Morgan fingerprint density at radius 1 is 1.32 bits per heavy atom. The lowest BCUT2D eigenvalue weighted by Gasteiger charge is -2.15. The van der Waals surface area contributed by atoms with Gasteiger partial charge < -0.3 is 5.32 Å². The summed E-state index contributed by atoms with van der Waals surface area (Å²) < 4.78 is 2.89. The minimum Gasteiger partial charge on any atom is -0.308 e. The average Bonchev–Trinajstić information content (AvgIpc) is 2.77. The summed E-state index contributed by atoms with van der Waals surface area (Å²) in [5, 5.41) is 15.4. The van der Waals surface area contributed by atoms with E-state index in [1.54, 1.807) is 0 Å². The Bertz CT molecular complexity index is 555. The van der Waals surface area contributed by atoms with Crippen molar-refractivity contribution in [2.45, 2.75) is 33.7 Å². The highest BCUT2D eigenvalue weighted by Crippen LogP contribution is 2.25. The number of nitrogens with one attached hydrogen (secondary N) is 1. The highest BCUT2D eigenvalue weighted by atomic mass is 79.9. The molecule has 0 aliphatic rings. The van der Waals surface area contributed by atoms with E-state index in [-0.39, 0.29) is 6.04 Å². The lowest BCUT2D eigenvalue weighted by atomic mass is 10.1. The second-order valence-corrected chi connectivity index (χ2v) is 5.53. The van der Waals surface area contributed by atoms with Crippen molar-refractivity contribution >= 4 is 15.9 Å². The quantitative estimate of drug-likeness (QED) is 0.939. The molecule has 0 saturated carbocycles. The third-order valence-electron chi connectivity index (χ3n) is 3.06. The van der Waals surface area contributed by atoms with Gasteiger partial charge in [-0.3, -0.25) is 0 Å². The maximum Gasteiger partial charge on any atom is 0.173 e. The van der Waals surface area contributed by atoms with Gasteiger partial charge in [-0.2, -0.15) is 4.68 Å². The molecule has 102 valence electrons. The monoisotopic (exact) mass is 323 g/mol. The highest BCUT2D eigenvalue weighted by molar-refractivity contribution is 9.10. The fraction of sp³-hybridized carbons (Fsp3) is 0.462. The fourth-order valence-corrected chi connectivity index (χ4v) is 2.94. The van der Waals surface area contributed by atoms with Gasteiger partial charge in [0.25, 0.3) is 0 Å². The number of hydrogen-bond donors (Lipinski definition) is 1. The van der Waals surface area contributed by atoms with Crippen molar-refractivity contribution in [3.63, 3.8) is 0 Å². The molecule has 0 radical (unpaired) electrons. The molecule has 5 nitrogen and oxygen atoms in total. The standard InChI is InChI=1S/C13H18BrN5/c1-5-15-10(4)13-16-17-18-19(13)12-8(2)6-11(14)7-9(12)3/h6-7,10,15H,5H2,1-4H3. The van der Waals surface area contributed by atoms with Crippen LogP contribution in [0.15, 0.2) is 16.6 Å². The second kappa shape index (κ2) is 5.79. The lowest BCUT2D eigenvalue weighted by molar-refractivity contribution is 0.549. The Hall–Kier alpha value is -1.27. The van der Waals surface area contributed by atoms with Gasteiger partial charge in [-0.1, -0.05) is 22.9 Å². The number of nitrogens with zero attached hydrogens (tertiary/aromatic N) is 4. The van der Waals surface area contributed by atoms with Crippen molar-refractivity contribution in [1.29, 1.82) is 0 Å². The Kier molecular flexibility index (Phi) is 4.31. The van der Waals surface area contributed by atoms with E-state index in [9.17, 15) is 0 Å². The van der Waals surface area contributed by atoms with Gasteiger partial charge >= 0.3 is 0 Å². The normalized spacial score (nSPS) is 12.7. The molecule has 0 amide bonds. The van der Waals surface area contributed by atoms with E-state index in [4.69, 9.17) is 0 Å². The third-order valence-corrected chi connectivity index (χ3v) is 3.52. The van der Waals surface area contributed by atoms with E-state index < -0.39 is 0 Å². The smallest absolute Gasteiger partial charge is 0.173 e. The van der Waals surface area contributed by atoms with Crippen molar-refractivity contribution in [3.05, 3.63) is 33.6 Å². The van der Waals surface area contributed by atoms with Crippen LogP contribution < -0.4 is 5.32 Å². The predicted octanol–water partition coefficient (Wildman–Crippen LogP) is 2.71. The molecule has 0 spiro atoms. The average molecular weight is 324 g/mol. The third kappa shape index (κ3) is 2.84. The van der Waals surface area contributed by atoms with Crippen molar-refractivity contribution in [1.82, 2.24) is 25.5 Å². The van der Waals surface area contributed by atoms with Crippen molar-refractivity contribution in [2.24, 2.45) is 0 Å². The van der Waals surface area contributed by atoms with Gasteiger partial charge in [-0.05, 0) is 61.0 Å². The second-order valence-electron chi connectivity index (χ2n) is 4.62. The van der Waals surface area contributed by atoms with Gasteiger partial charge in [-0.15, -0.1) is 5.10 Å². The van der Waals surface area contributed by atoms with Crippen molar-refractivity contribution < 1.29 is 0 Å². The molecule has 1 aromatic carbocycles. The van der Waals surface area contributed by atoms with Gasteiger partial charge in [0.05, 0.1) is 11.7 Å². The van der Waals surface area contributed by atoms with Gasteiger partial charge in [0, 0.05) is 4.47 Å². The van der Waals surface area contributed by atoms with E-state index in [2.05, 4.69) is 76.6 Å². The van der Waals surface area contributed by atoms with Crippen LogP contribution in [-0.4, -0.2) is 26.8 Å². The molecule has 0 saturated heterocycles. The number of aryl methyl sites for hydroxylation is 2. The summed E-state index contributed by atoms with van der Waals surface area (Å²) in [5.41, 5.74) is 3.33. The molecule has 1 atom stereocenters. The summed E-state index contributed by atoms with van der Waals surface area (Å²) in [6.07, 6.45) is 0. The van der Waals surface area contributed by atoms with Crippen LogP contribution in [-0.2, 0) is 0 Å². The Labute approximate surface area is 121 Å². The van der Waals surface area contributed by atoms with Crippen LogP contribution >= 0.6 is 15.9 Å². The van der Waals surface area contributed by atoms with E-state index in [1.807, 2.05) is 4.68 Å². The number of tetrazole rings is 1. The topological polar surface area (TPSA) is 55.6 Å². The van der Waals surface area contributed by atoms with E-state index >= 15 is 0 Å². The van der Waals surface area contributed by atoms with E-state index in [1.165, 1.54) is 0 Å². The largest absolute Gasteiger partial charge is 0.308 e. The molecule has 0 fully saturated rings. The highest BCUT2D eigenvalue weighted by Gasteiger charge is 2.17. The Balaban J connectivity index is 2.52. The summed E-state index contributed by atoms with van der Waals surface area (Å²) in [4.78, 5) is 0. The number of benzene rings is 1. The van der Waals surface area contributed by atoms with Crippen LogP contribution in [0.1, 0.15) is 36.8 Å². The molecule has 19 heavy (non-hydrogen) atoms. The number of aromatic nitrogens is 4. The lowest BCUT2D eigenvalue weighted by Crippen LogP contribution is -2.22. The first kappa shape index (κ1) is 14.1. The first-order valence-corrected chi connectivity index (χ1v) is 7.12. The summed E-state index contributed by atoms with van der Waals surface area (Å²) in [6, 6.07) is 4.26. The van der Waals surface area contributed by atoms with Gasteiger partial charge in [0.2, 0.25) is 0 Å². The molecule has 6 heteroatoms. The minimum atomic E-state index is 0.113. The molecular formula is C13H18BrN5. The molecule has 2 aromatic rings. The van der Waals surface area contributed by atoms with Crippen LogP contribution in [0.4, 0.5) is 0 Å². The number of hydrogen-bond acceptors (Lipinski definition) is 4. The summed E-state index contributed by atoms with van der Waals surface area (Å²) in [7, 11) is 0. The Morgan fingerprint density at radius 3 is 2.53 bits per heavy atom. The van der Waals surface area contributed by atoms with Crippen molar-refractivity contribution in [3.8, 4) is 5.69 Å². The van der Waals surface area contributed by atoms with Crippen LogP contribution in [0.25, 0.3) is 5.69 Å². The molecule has 0 aliphatic heterocycles. The summed E-state index contributed by atoms with van der Waals surface area (Å²) >= 11 is 3.51. The summed E-state index contributed by atoms with van der Waals surface area (Å²) in [5.74, 6) is 0.829. The first-order valence-electron chi connectivity index (χ1n) is 6.33. The maximum absolute atomic E-state index is 4.14. The molecule has 1 N–H and O–H groups in total. The molecule has 1 heterocycles. The van der Waals surface area contributed by atoms with Crippen LogP contribution in [0, 0.1) is 13.8 Å². The number of halogens is 1. The van der Waals surface area contributed by atoms with E-state index in [0.29, 0.717) is 0 Å². The molecular weight excluding hydrogens is 306 g/mol. The maximum atomic E-state index is 4.14. The van der Waals surface area contributed by atoms with Gasteiger partial charge in [-0.25, -0.2) is 0 Å². The van der Waals surface area contributed by atoms with Crippen molar-refractivity contribution in [2.75, 3.05) is 6.54 Å². The first-order chi connectivity index (χ1) is 9.04. The zero-order valence-corrected chi connectivity index (χ0v) is 13.2.